The van der Waals surface area contributed by atoms with E-state index in [0.717, 1.165) is 35.7 Å². The zero-order valence-electron chi connectivity index (χ0n) is 11.0. The largest absolute Gasteiger partial charge is 0.481 e. The normalized spacial score (nSPS) is 26.6. The number of hydrogen-bond acceptors (Lipinski definition) is 1. The summed E-state index contributed by atoms with van der Waals surface area (Å²) in [6.07, 6.45) is 4.13. The van der Waals surface area contributed by atoms with Gasteiger partial charge in [-0.1, -0.05) is 46.9 Å². The van der Waals surface area contributed by atoms with Gasteiger partial charge in [0.2, 0.25) is 0 Å². The Morgan fingerprint density at radius 1 is 1.58 bits per heavy atom. The SMILES string of the molecule is CCC1CCC(Cc2ccc(Br)cc2Cl)(C(=O)O)C1. The highest BCUT2D eigenvalue weighted by atomic mass is 79.9. The first kappa shape index (κ1) is 14.9. The molecule has 0 heterocycles. The molecule has 1 N–H and O–H groups in total. The zero-order valence-corrected chi connectivity index (χ0v) is 13.3. The number of benzene rings is 1. The van der Waals surface area contributed by atoms with Crippen molar-refractivity contribution in [2.75, 3.05) is 0 Å². The van der Waals surface area contributed by atoms with Gasteiger partial charge < -0.3 is 5.11 Å². The van der Waals surface area contributed by atoms with Gasteiger partial charge in [0.25, 0.3) is 0 Å². The second-order valence-corrected chi connectivity index (χ2v) is 6.84. The summed E-state index contributed by atoms with van der Waals surface area (Å²) in [5.74, 6) is -0.146. The molecule has 0 spiro atoms. The van der Waals surface area contributed by atoms with Crippen molar-refractivity contribution in [1.29, 1.82) is 0 Å². The van der Waals surface area contributed by atoms with E-state index in [4.69, 9.17) is 11.6 Å². The Hall–Kier alpha value is -0.540. The van der Waals surface area contributed by atoms with Crippen molar-refractivity contribution < 1.29 is 9.90 Å². The Morgan fingerprint density at radius 2 is 2.32 bits per heavy atom. The van der Waals surface area contributed by atoms with Crippen molar-refractivity contribution in [1.82, 2.24) is 0 Å². The summed E-state index contributed by atoms with van der Waals surface area (Å²) in [6, 6.07) is 5.68. The quantitative estimate of drug-likeness (QED) is 0.840. The molecule has 2 nitrogen and oxygen atoms in total. The van der Waals surface area contributed by atoms with E-state index in [0.29, 0.717) is 17.4 Å². The number of carbonyl (C=O) groups is 1. The molecule has 0 radical (unpaired) electrons. The van der Waals surface area contributed by atoms with Crippen LogP contribution in [0.2, 0.25) is 5.02 Å². The standard InChI is InChI=1S/C15H18BrClO2/c1-2-10-5-6-15(8-10,14(18)19)9-11-3-4-12(16)7-13(11)17/h3-4,7,10H,2,5-6,8-9H2,1H3,(H,18,19). The van der Waals surface area contributed by atoms with Crippen molar-refractivity contribution >= 4 is 33.5 Å². The number of carboxylic acids is 1. The van der Waals surface area contributed by atoms with Crippen LogP contribution in [0.1, 0.15) is 38.2 Å². The Morgan fingerprint density at radius 3 is 2.84 bits per heavy atom. The van der Waals surface area contributed by atoms with Gasteiger partial charge in [-0.3, -0.25) is 4.79 Å². The van der Waals surface area contributed by atoms with E-state index in [2.05, 4.69) is 22.9 Å². The van der Waals surface area contributed by atoms with Gasteiger partial charge in [-0.25, -0.2) is 0 Å². The van der Waals surface area contributed by atoms with E-state index in [9.17, 15) is 9.90 Å². The molecule has 1 aliphatic carbocycles. The van der Waals surface area contributed by atoms with Gasteiger partial charge in [0.05, 0.1) is 5.41 Å². The Bertz CT molecular complexity index is 489. The molecule has 0 aliphatic heterocycles. The van der Waals surface area contributed by atoms with Crippen LogP contribution in [0, 0.1) is 11.3 Å². The third-order valence-electron chi connectivity index (χ3n) is 4.29. The molecule has 1 aromatic rings. The maximum Gasteiger partial charge on any atom is 0.309 e. The number of aliphatic carboxylic acids is 1. The number of carboxylic acid groups (broad SMARTS) is 1. The van der Waals surface area contributed by atoms with Gasteiger partial charge in [0.1, 0.15) is 0 Å². The van der Waals surface area contributed by atoms with E-state index in [1.54, 1.807) is 0 Å². The van der Waals surface area contributed by atoms with E-state index in [1.165, 1.54) is 0 Å². The van der Waals surface area contributed by atoms with Gasteiger partial charge in [-0.2, -0.15) is 0 Å². The van der Waals surface area contributed by atoms with Gasteiger partial charge in [-0.05, 0) is 49.3 Å². The monoisotopic (exact) mass is 344 g/mol. The van der Waals surface area contributed by atoms with Crippen molar-refractivity contribution in [2.24, 2.45) is 11.3 Å². The summed E-state index contributed by atoms with van der Waals surface area (Å²) in [5, 5.41) is 10.3. The van der Waals surface area contributed by atoms with Crippen LogP contribution in [0.4, 0.5) is 0 Å². The van der Waals surface area contributed by atoms with Crippen LogP contribution < -0.4 is 0 Å². The smallest absolute Gasteiger partial charge is 0.309 e. The summed E-state index contributed by atoms with van der Waals surface area (Å²) >= 11 is 9.59. The van der Waals surface area contributed by atoms with Crippen LogP contribution in [0.25, 0.3) is 0 Å². The van der Waals surface area contributed by atoms with Crippen LogP contribution >= 0.6 is 27.5 Å². The first-order chi connectivity index (χ1) is 8.97. The van der Waals surface area contributed by atoms with Crippen molar-refractivity contribution in [3.8, 4) is 0 Å². The summed E-state index contributed by atoms with van der Waals surface area (Å²) in [6.45, 7) is 2.13. The molecule has 2 atom stereocenters. The maximum absolute atomic E-state index is 11.7. The van der Waals surface area contributed by atoms with Crippen LogP contribution in [0.15, 0.2) is 22.7 Å². The molecule has 2 unspecified atom stereocenters. The molecule has 0 amide bonds. The second kappa shape index (κ2) is 5.84. The molecule has 19 heavy (non-hydrogen) atoms. The fourth-order valence-electron chi connectivity index (χ4n) is 3.05. The maximum atomic E-state index is 11.7. The summed E-state index contributed by atoms with van der Waals surface area (Å²) < 4.78 is 0.920. The minimum atomic E-state index is -0.678. The molecule has 0 saturated heterocycles. The first-order valence-electron chi connectivity index (χ1n) is 6.64. The first-order valence-corrected chi connectivity index (χ1v) is 7.81. The number of halogens is 2. The molecule has 1 aliphatic rings. The molecule has 0 bridgehead atoms. The molecule has 4 heteroatoms. The van der Waals surface area contributed by atoms with Crippen molar-refractivity contribution in [3.05, 3.63) is 33.3 Å². The highest BCUT2D eigenvalue weighted by Crippen LogP contribution is 2.46. The van der Waals surface area contributed by atoms with E-state index < -0.39 is 11.4 Å². The van der Waals surface area contributed by atoms with Crippen molar-refractivity contribution in [3.63, 3.8) is 0 Å². The summed E-state index contributed by atoms with van der Waals surface area (Å²) in [7, 11) is 0. The van der Waals surface area contributed by atoms with E-state index >= 15 is 0 Å². The predicted octanol–water partition coefficient (Wildman–Crippen LogP) is 4.93. The molecule has 0 aromatic heterocycles. The molecule has 1 saturated carbocycles. The average Bonchev–Trinajstić information content (AvgIpc) is 2.78. The Kier molecular flexibility index (Phi) is 4.57. The molecule has 2 rings (SSSR count). The van der Waals surface area contributed by atoms with E-state index in [-0.39, 0.29) is 0 Å². The summed E-state index contributed by atoms with van der Waals surface area (Å²) in [4.78, 5) is 11.7. The molecule has 1 aromatic carbocycles. The third kappa shape index (κ3) is 3.14. The van der Waals surface area contributed by atoms with Gasteiger partial charge >= 0.3 is 5.97 Å². The lowest BCUT2D eigenvalue weighted by molar-refractivity contribution is -0.148. The molecule has 1 fully saturated rings. The topological polar surface area (TPSA) is 37.3 Å². The van der Waals surface area contributed by atoms with Crippen LogP contribution in [-0.4, -0.2) is 11.1 Å². The lowest BCUT2D eigenvalue weighted by atomic mass is 9.79. The van der Waals surface area contributed by atoms with Gasteiger partial charge in [0.15, 0.2) is 0 Å². The van der Waals surface area contributed by atoms with Crippen molar-refractivity contribution in [2.45, 2.75) is 39.0 Å². The average molecular weight is 346 g/mol. The minimum absolute atomic E-state index is 0.533. The summed E-state index contributed by atoms with van der Waals surface area (Å²) in [5.41, 5.74) is 0.307. The van der Waals surface area contributed by atoms with Gasteiger partial charge in [-0.15, -0.1) is 0 Å². The minimum Gasteiger partial charge on any atom is -0.481 e. The number of rotatable bonds is 4. The molecular formula is C15H18BrClO2. The van der Waals surface area contributed by atoms with E-state index in [1.807, 2.05) is 18.2 Å². The lowest BCUT2D eigenvalue weighted by Gasteiger charge is -2.25. The lowest BCUT2D eigenvalue weighted by Crippen LogP contribution is -2.30. The Labute approximate surface area is 127 Å². The van der Waals surface area contributed by atoms with Crippen LogP contribution in [0.3, 0.4) is 0 Å². The molecular weight excluding hydrogens is 328 g/mol. The Balaban J connectivity index is 2.25. The fraction of sp³-hybridized carbons (Fsp3) is 0.533. The van der Waals surface area contributed by atoms with Crippen LogP contribution in [0.5, 0.6) is 0 Å². The van der Waals surface area contributed by atoms with Crippen LogP contribution in [-0.2, 0) is 11.2 Å². The fourth-order valence-corrected chi connectivity index (χ4v) is 3.79. The molecule has 104 valence electrons. The number of hydrogen-bond donors (Lipinski definition) is 1. The predicted molar refractivity (Wildman–Crippen MR) is 80.6 cm³/mol. The zero-order chi connectivity index (χ0) is 14.0. The highest BCUT2D eigenvalue weighted by Gasteiger charge is 2.45. The third-order valence-corrected chi connectivity index (χ3v) is 5.13. The highest BCUT2D eigenvalue weighted by molar-refractivity contribution is 9.10. The van der Waals surface area contributed by atoms with Gasteiger partial charge in [0, 0.05) is 9.50 Å². The second-order valence-electron chi connectivity index (χ2n) is 5.52.